The maximum atomic E-state index is 13.0. The van der Waals surface area contributed by atoms with E-state index in [4.69, 9.17) is 0 Å². The summed E-state index contributed by atoms with van der Waals surface area (Å²) in [6.45, 7) is 15.7. The van der Waals surface area contributed by atoms with Gasteiger partial charge in [-0.3, -0.25) is 9.69 Å². The molecule has 0 aliphatic carbocycles. The summed E-state index contributed by atoms with van der Waals surface area (Å²) in [4.78, 5) is 17.8. The van der Waals surface area contributed by atoms with Crippen molar-refractivity contribution in [3.63, 3.8) is 0 Å². The lowest BCUT2D eigenvalue weighted by molar-refractivity contribution is -0.122. The predicted molar refractivity (Wildman–Crippen MR) is 160 cm³/mol. The second-order valence-electron chi connectivity index (χ2n) is 10.2. The molecule has 0 bridgehead atoms. The quantitative estimate of drug-likeness (QED) is 0.272. The van der Waals surface area contributed by atoms with Gasteiger partial charge in [0.15, 0.2) is 0 Å². The molecule has 1 amide bonds. The molecule has 2 atom stereocenters. The molecule has 6 heteroatoms. The van der Waals surface area contributed by atoms with Gasteiger partial charge in [0.05, 0.1) is 6.54 Å². The van der Waals surface area contributed by atoms with E-state index in [0.717, 1.165) is 25.9 Å². The molecule has 0 spiro atoms. The summed E-state index contributed by atoms with van der Waals surface area (Å²) in [5.41, 5.74) is 1.34. The summed E-state index contributed by atoms with van der Waals surface area (Å²) in [7, 11) is 0. The van der Waals surface area contributed by atoms with E-state index >= 15 is 0 Å². The lowest BCUT2D eigenvalue weighted by Gasteiger charge is -2.41. The average Bonchev–Trinajstić information content (AvgIpc) is 3.40. The van der Waals surface area contributed by atoms with Crippen molar-refractivity contribution in [2.75, 3.05) is 45.8 Å². The van der Waals surface area contributed by atoms with Crippen molar-refractivity contribution in [2.45, 2.75) is 71.6 Å². The normalized spacial score (nSPS) is 16.2. The van der Waals surface area contributed by atoms with Crippen LogP contribution in [0.5, 0.6) is 0 Å². The summed E-state index contributed by atoms with van der Waals surface area (Å²) in [5.74, 6) is 0.618. The Morgan fingerprint density at radius 1 is 1.00 bits per heavy atom. The molecule has 0 saturated carbocycles. The van der Waals surface area contributed by atoms with Crippen LogP contribution in [0, 0.1) is 5.92 Å². The molecule has 1 saturated heterocycles. The summed E-state index contributed by atoms with van der Waals surface area (Å²) in [5, 5.41) is 6.02. The van der Waals surface area contributed by atoms with Crippen LogP contribution in [0.25, 0.3) is 10.8 Å². The highest BCUT2D eigenvalue weighted by Gasteiger charge is 2.38. The Labute approximate surface area is 232 Å². The third-order valence-corrected chi connectivity index (χ3v) is 8.29. The first-order chi connectivity index (χ1) is 16.5. The maximum absolute atomic E-state index is 13.0. The highest BCUT2D eigenvalue weighted by molar-refractivity contribution is 5.87. The molecule has 4 nitrogen and oxygen atoms in total. The Morgan fingerprint density at radius 3 is 2.33 bits per heavy atom. The minimum atomic E-state index is -0.0699. The molecule has 1 fully saturated rings. The largest absolute Gasteiger partial charge is 0.354 e. The van der Waals surface area contributed by atoms with Crippen molar-refractivity contribution in [1.82, 2.24) is 15.1 Å². The van der Waals surface area contributed by atoms with E-state index in [1.54, 1.807) is 0 Å². The van der Waals surface area contributed by atoms with Gasteiger partial charge < -0.3 is 10.2 Å². The predicted octanol–water partition coefficient (Wildman–Crippen LogP) is 6.69. The summed E-state index contributed by atoms with van der Waals surface area (Å²) in [6.07, 6.45) is 7.33. The van der Waals surface area contributed by atoms with Crippen LogP contribution >= 0.6 is 24.8 Å². The Kier molecular flexibility index (Phi) is 15.0. The topological polar surface area (TPSA) is 35.6 Å². The fraction of sp³-hybridized carbons (Fsp3) is 0.633. The number of rotatable bonds is 14. The number of likely N-dealkylation sites (N-methyl/N-ethyl adjacent to an activating group) is 1. The van der Waals surface area contributed by atoms with Gasteiger partial charge in [-0.05, 0) is 80.7 Å². The van der Waals surface area contributed by atoms with E-state index in [-0.39, 0.29) is 36.1 Å². The molecule has 1 N–H and O–H groups in total. The van der Waals surface area contributed by atoms with Crippen molar-refractivity contribution < 1.29 is 4.79 Å². The van der Waals surface area contributed by atoms with E-state index in [0.29, 0.717) is 19.0 Å². The lowest BCUT2D eigenvalue weighted by atomic mass is 9.65. The number of halogens is 2. The Hall–Kier alpha value is -1.33. The molecule has 2 aromatic rings. The minimum absolute atomic E-state index is 0. The second kappa shape index (κ2) is 16.5. The van der Waals surface area contributed by atoms with Gasteiger partial charge in [-0.2, -0.15) is 0 Å². The van der Waals surface area contributed by atoms with E-state index in [1.807, 2.05) is 0 Å². The number of likely N-dealkylation sites (tertiary alicyclic amines) is 1. The first-order valence-corrected chi connectivity index (χ1v) is 13.7. The number of nitrogens with one attached hydrogen (secondary N) is 1. The van der Waals surface area contributed by atoms with E-state index in [9.17, 15) is 4.79 Å². The number of amides is 1. The van der Waals surface area contributed by atoms with Crippen molar-refractivity contribution in [3.05, 3.63) is 48.0 Å². The molecule has 1 aliphatic heterocycles. The standard InChI is InChI=1S/C30H47N3O.2ClH/c1-5-25(4)30(19-10-11-20-33-21-12-13-22-33,24-31-29(34)23-32(6-2)7-3)28-18-14-16-26-15-8-9-17-27(26)28;;/h8-9,14-18,25H,5-7,10-13,19-24H2,1-4H3,(H,31,34);2*1H. The number of hydrogen-bond acceptors (Lipinski definition) is 3. The molecule has 1 aliphatic rings. The summed E-state index contributed by atoms with van der Waals surface area (Å²) >= 11 is 0. The number of unbranched alkanes of at least 4 members (excludes halogenated alkanes) is 1. The average molecular weight is 539 g/mol. The molecule has 2 unspecified atom stereocenters. The molecule has 36 heavy (non-hydrogen) atoms. The Bertz CT molecular complexity index is 893. The van der Waals surface area contributed by atoms with Crippen molar-refractivity contribution >= 4 is 41.5 Å². The van der Waals surface area contributed by atoms with E-state index < -0.39 is 0 Å². The highest BCUT2D eigenvalue weighted by Crippen LogP contribution is 2.42. The molecule has 0 radical (unpaired) electrons. The molecule has 1 heterocycles. The van der Waals surface area contributed by atoms with Crippen molar-refractivity contribution in [2.24, 2.45) is 5.92 Å². The number of carbonyl (C=O) groups is 1. The van der Waals surface area contributed by atoms with Crippen molar-refractivity contribution in [3.8, 4) is 0 Å². The molecular weight excluding hydrogens is 489 g/mol. The number of nitrogens with zero attached hydrogens (tertiary/aromatic N) is 2. The summed E-state index contributed by atoms with van der Waals surface area (Å²) < 4.78 is 0. The van der Waals surface area contributed by atoms with Gasteiger partial charge in [-0.15, -0.1) is 24.8 Å². The first-order valence-electron chi connectivity index (χ1n) is 13.7. The van der Waals surface area contributed by atoms with Gasteiger partial charge >= 0.3 is 0 Å². The van der Waals surface area contributed by atoms with Crippen LogP contribution in [0.1, 0.15) is 71.8 Å². The van der Waals surface area contributed by atoms with Crippen molar-refractivity contribution in [1.29, 1.82) is 0 Å². The zero-order chi connectivity index (χ0) is 24.4. The van der Waals surface area contributed by atoms with Gasteiger partial charge in [-0.1, -0.05) is 83.0 Å². The molecule has 2 aromatic carbocycles. The Balaban J connectivity index is 0.00000324. The lowest BCUT2D eigenvalue weighted by Crippen LogP contribution is -2.47. The van der Waals surface area contributed by atoms with Gasteiger partial charge in [0.25, 0.3) is 0 Å². The van der Waals surface area contributed by atoms with Crippen LogP contribution in [0.3, 0.4) is 0 Å². The molecule has 204 valence electrons. The minimum Gasteiger partial charge on any atom is -0.354 e. The number of fused-ring (bicyclic) bond motifs is 1. The number of benzene rings is 2. The van der Waals surface area contributed by atoms with Crippen LogP contribution in [0.2, 0.25) is 0 Å². The van der Waals surface area contributed by atoms with Gasteiger partial charge in [-0.25, -0.2) is 0 Å². The summed E-state index contributed by atoms with van der Waals surface area (Å²) in [6, 6.07) is 15.5. The highest BCUT2D eigenvalue weighted by atomic mass is 35.5. The fourth-order valence-electron chi connectivity index (χ4n) is 5.80. The maximum Gasteiger partial charge on any atom is 0.234 e. The van der Waals surface area contributed by atoms with Gasteiger partial charge in [0.1, 0.15) is 0 Å². The number of carbonyl (C=O) groups excluding carboxylic acids is 1. The Morgan fingerprint density at radius 2 is 1.67 bits per heavy atom. The van der Waals surface area contributed by atoms with Gasteiger partial charge in [0.2, 0.25) is 5.91 Å². The zero-order valence-corrected chi connectivity index (χ0v) is 24.6. The molecule has 3 rings (SSSR count). The zero-order valence-electron chi connectivity index (χ0n) is 22.9. The first kappa shape index (κ1) is 32.7. The number of hydrogen-bond donors (Lipinski definition) is 1. The fourth-order valence-corrected chi connectivity index (χ4v) is 5.80. The van der Waals surface area contributed by atoms with Crippen LogP contribution in [0.4, 0.5) is 0 Å². The van der Waals surface area contributed by atoms with E-state index in [1.165, 1.54) is 61.7 Å². The second-order valence-corrected chi connectivity index (χ2v) is 10.2. The molecule has 0 aromatic heterocycles. The third-order valence-electron chi connectivity index (χ3n) is 8.29. The third kappa shape index (κ3) is 8.34. The van der Waals surface area contributed by atoms with Gasteiger partial charge in [0, 0.05) is 12.0 Å². The van der Waals surface area contributed by atoms with Crippen LogP contribution in [0.15, 0.2) is 42.5 Å². The van der Waals surface area contributed by atoms with Crippen LogP contribution in [-0.2, 0) is 10.2 Å². The SMILES string of the molecule is CCC(C)C(CCCCN1CCCC1)(CNC(=O)CN(CC)CC)c1cccc2ccccc12.Cl.Cl. The molecular formula is C30H49Cl2N3O. The van der Waals surface area contributed by atoms with Crippen LogP contribution < -0.4 is 5.32 Å². The monoisotopic (exact) mass is 537 g/mol. The van der Waals surface area contributed by atoms with E-state index in [2.05, 4.69) is 85.3 Å². The smallest absolute Gasteiger partial charge is 0.234 e. The van der Waals surface area contributed by atoms with Crippen LogP contribution in [-0.4, -0.2) is 61.5 Å².